The fraction of sp³-hybridized carbons (Fsp3) is 0.0526. The summed E-state index contributed by atoms with van der Waals surface area (Å²) in [6.07, 6.45) is 0. The van der Waals surface area contributed by atoms with Gasteiger partial charge in [-0.2, -0.15) is 0 Å². The van der Waals surface area contributed by atoms with Gasteiger partial charge in [-0.25, -0.2) is 9.50 Å². The van der Waals surface area contributed by atoms with E-state index in [0.717, 1.165) is 28.2 Å². The Morgan fingerprint density at radius 3 is 2.09 bits per heavy atom. The zero-order valence-electron chi connectivity index (χ0n) is 12.7. The molecule has 0 saturated carbocycles. The molecule has 0 aliphatic rings. The first-order chi connectivity index (χ1) is 11.4. The average molecular weight is 301 g/mol. The zero-order chi connectivity index (χ0) is 15.6. The van der Waals surface area contributed by atoms with Gasteiger partial charge in [-0.1, -0.05) is 60.7 Å². The third-order valence-electron chi connectivity index (χ3n) is 3.76. The van der Waals surface area contributed by atoms with E-state index < -0.39 is 0 Å². The Labute approximate surface area is 134 Å². The first kappa shape index (κ1) is 13.5. The summed E-state index contributed by atoms with van der Waals surface area (Å²) < 4.78 is 7.11. The number of fused-ring (bicyclic) bond motifs is 1. The van der Waals surface area contributed by atoms with Crippen LogP contribution in [0.25, 0.3) is 28.2 Å². The average Bonchev–Trinajstić information content (AvgIpc) is 3.01. The van der Waals surface area contributed by atoms with Crippen molar-refractivity contribution in [1.82, 2.24) is 14.6 Å². The maximum absolute atomic E-state index is 5.27. The minimum atomic E-state index is 0.562. The van der Waals surface area contributed by atoms with Gasteiger partial charge >= 0.3 is 0 Å². The van der Waals surface area contributed by atoms with Crippen LogP contribution in [0.5, 0.6) is 5.88 Å². The maximum atomic E-state index is 5.27. The number of benzene rings is 2. The van der Waals surface area contributed by atoms with E-state index in [0.29, 0.717) is 5.88 Å². The van der Waals surface area contributed by atoms with Crippen LogP contribution < -0.4 is 4.74 Å². The normalized spacial score (nSPS) is 10.8. The van der Waals surface area contributed by atoms with Gasteiger partial charge in [-0.05, 0) is 6.07 Å². The summed E-state index contributed by atoms with van der Waals surface area (Å²) in [6, 6.07) is 24.1. The van der Waals surface area contributed by atoms with Crippen molar-refractivity contribution in [3.05, 3.63) is 72.8 Å². The van der Waals surface area contributed by atoms with E-state index in [1.54, 1.807) is 7.11 Å². The Kier molecular flexibility index (Phi) is 3.27. The summed E-state index contributed by atoms with van der Waals surface area (Å²) in [5.41, 5.74) is 4.81. The molecule has 0 aliphatic heterocycles. The molecule has 23 heavy (non-hydrogen) atoms. The monoisotopic (exact) mass is 301 g/mol. The van der Waals surface area contributed by atoms with Gasteiger partial charge in [0.05, 0.1) is 12.8 Å². The van der Waals surface area contributed by atoms with Gasteiger partial charge < -0.3 is 4.74 Å². The Bertz CT molecular complexity index is 946. The van der Waals surface area contributed by atoms with Crippen molar-refractivity contribution in [2.75, 3.05) is 7.11 Å². The number of rotatable bonds is 3. The summed E-state index contributed by atoms with van der Waals surface area (Å²) in [7, 11) is 1.62. The maximum Gasteiger partial charge on any atom is 0.231 e. The Balaban J connectivity index is 2.06. The summed E-state index contributed by atoms with van der Waals surface area (Å²) in [5.74, 6) is 0.562. The van der Waals surface area contributed by atoms with Crippen LogP contribution in [0, 0.1) is 0 Å². The molecule has 0 N–H and O–H groups in total. The molecule has 0 bridgehead atoms. The molecule has 0 spiro atoms. The second-order valence-corrected chi connectivity index (χ2v) is 5.19. The summed E-state index contributed by atoms with van der Waals surface area (Å²) in [5, 5.41) is 4.55. The predicted octanol–water partition coefficient (Wildman–Crippen LogP) is 4.07. The lowest BCUT2D eigenvalue weighted by molar-refractivity contribution is 0.390. The van der Waals surface area contributed by atoms with Crippen molar-refractivity contribution in [3.63, 3.8) is 0 Å². The summed E-state index contributed by atoms with van der Waals surface area (Å²) in [6.45, 7) is 0. The fourth-order valence-corrected chi connectivity index (χ4v) is 2.68. The fourth-order valence-electron chi connectivity index (χ4n) is 2.68. The number of nitrogens with zero attached hydrogens (tertiary/aromatic N) is 3. The molecule has 2 heterocycles. The highest BCUT2D eigenvalue weighted by atomic mass is 16.5. The highest BCUT2D eigenvalue weighted by Crippen LogP contribution is 2.32. The van der Waals surface area contributed by atoms with E-state index >= 15 is 0 Å². The molecule has 4 rings (SSSR count). The predicted molar refractivity (Wildman–Crippen MR) is 90.4 cm³/mol. The number of aromatic nitrogens is 3. The smallest absolute Gasteiger partial charge is 0.231 e. The van der Waals surface area contributed by atoms with Gasteiger partial charge in [-0.3, -0.25) is 0 Å². The van der Waals surface area contributed by atoms with Crippen molar-refractivity contribution in [2.45, 2.75) is 0 Å². The number of hydrogen-bond donors (Lipinski definition) is 0. The Morgan fingerprint density at radius 1 is 0.783 bits per heavy atom. The molecule has 4 aromatic rings. The van der Waals surface area contributed by atoms with Crippen LogP contribution in [0.2, 0.25) is 0 Å². The molecule has 0 radical (unpaired) electrons. The van der Waals surface area contributed by atoms with Gasteiger partial charge in [0.2, 0.25) is 5.88 Å². The molecule has 2 aromatic heterocycles. The van der Waals surface area contributed by atoms with Crippen LogP contribution in [-0.4, -0.2) is 21.7 Å². The highest BCUT2D eigenvalue weighted by molar-refractivity contribution is 5.81. The quantitative estimate of drug-likeness (QED) is 0.572. The van der Waals surface area contributed by atoms with Gasteiger partial charge in [0.1, 0.15) is 5.69 Å². The molecule has 4 heteroatoms. The molecule has 4 nitrogen and oxygen atoms in total. The molecule has 0 unspecified atom stereocenters. The highest BCUT2D eigenvalue weighted by Gasteiger charge is 2.17. The number of imidazole rings is 1. The Hall–Kier alpha value is -3.14. The second-order valence-electron chi connectivity index (χ2n) is 5.19. The van der Waals surface area contributed by atoms with E-state index in [9.17, 15) is 0 Å². The third kappa shape index (κ3) is 2.34. The van der Waals surface area contributed by atoms with E-state index in [2.05, 4.69) is 29.4 Å². The molecule has 2 aromatic carbocycles. The third-order valence-corrected chi connectivity index (χ3v) is 3.76. The second kappa shape index (κ2) is 5.57. The standard InChI is InChI=1S/C19H15N3O/c1-23-17-13-12-16-20-18(14-8-4-2-5-9-14)19(22(16)21-17)15-10-6-3-7-11-15/h2-13H,1H3. The molecule has 112 valence electrons. The SMILES string of the molecule is COc1ccc2nc(-c3ccccc3)c(-c3ccccc3)n2n1. The van der Waals surface area contributed by atoms with Crippen LogP contribution in [0.3, 0.4) is 0 Å². The summed E-state index contributed by atoms with van der Waals surface area (Å²) in [4.78, 5) is 4.78. The Morgan fingerprint density at radius 2 is 1.43 bits per heavy atom. The number of ether oxygens (including phenoxy) is 1. The van der Waals surface area contributed by atoms with Crippen LogP contribution in [0.4, 0.5) is 0 Å². The van der Waals surface area contributed by atoms with E-state index in [4.69, 9.17) is 9.72 Å². The van der Waals surface area contributed by atoms with Crippen molar-refractivity contribution >= 4 is 5.65 Å². The van der Waals surface area contributed by atoms with Crippen molar-refractivity contribution in [3.8, 4) is 28.4 Å². The van der Waals surface area contributed by atoms with E-state index in [1.165, 1.54) is 0 Å². The van der Waals surface area contributed by atoms with E-state index in [-0.39, 0.29) is 0 Å². The van der Waals surface area contributed by atoms with Crippen molar-refractivity contribution in [2.24, 2.45) is 0 Å². The van der Waals surface area contributed by atoms with Crippen LogP contribution >= 0.6 is 0 Å². The lowest BCUT2D eigenvalue weighted by Crippen LogP contribution is -1.97. The van der Waals surface area contributed by atoms with Gasteiger partial charge in [0, 0.05) is 17.2 Å². The molecular formula is C19H15N3O. The molecule has 0 amide bonds. The van der Waals surface area contributed by atoms with Crippen molar-refractivity contribution in [1.29, 1.82) is 0 Å². The number of hydrogen-bond acceptors (Lipinski definition) is 3. The van der Waals surface area contributed by atoms with Crippen LogP contribution in [-0.2, 0) is 0 Å². The van der Waals surface area contributed by atoms with Crippen molar-refractivity contribution < 1.29 is 4.74 Å². The van der Waals surface area contributed by atoms with Gasteiger partial charge in [-0.15, -0.1) is 5.10 Å². The summed E-state index contributed by atoms with van der Waals surface area (Å²) >= 11 is 0. The first-order valence-electron chi connectivity index (χ1n) is 7.41. The minimum absolute atomic E-state index is 0.562. The topological polar surface area (TPSA) is 39.4 Å². The molecule has 0 saturated heterocycles. The number of methoxy groups -OCH3 is 1. The van der Waals surface area contributed by atoms with Crippen LogP contribution in [0.15, 0.2) is 72.8 Å². The molecule has 0 aliphatic carbocycles. The lowest BCUT2D eigenvalue weighted by Gasteiger charge is -2.05. The molecule has 0 fully saturated rings. The largest absolute Gasteiger partial charge is 0.480 e. The lowest BCUT2D eigenvalue weighted by atomic mass is 10.1. The minimum Gasteiger partial charge on any atom is -0.480 e. The van der Waals surface area contributed by atoms with E-state index in [1.807, 2.05) is 53.0 Å². The zero-order valence-corrected chi connectivity index (χ0v) is 12.7. The van der Waals surface area contributed by atoms with Gasteiger partial charge in [0.25, 0.3) is 0 Å². The van der Waals surface area contributed by atoms with Crippen LogP contribution in [0.1, 0.15) is 0 Å². The molecule has 0 atom stereocenters. The first-order valence-corrected chi connectivity index (χ1v) is 7.41. The molecular weight excluding hydrogens is 286 g/mol. The van der Waals surface area contributed by atoms with Gasteiger partial charge in [0.15, 0.2) is 5.65 Å².